The molecule has 0 aliphatic rings. The Morgan fingerprint density at radius 3 is 2.69 bits per heavy atom. The average molecular weight is 451 g/mol. The summed E-state index contributed by atoms with van der Waals surface area (Å²) in [6.45, 7) is 4.44. The van der Waals surface area contributed by atoms with Crippen LogP contribution in [0.15, 0.2) is 52.6 Å². The standard InChI is InChI=1S/C24H23FN4O2S/c1-14-5-4-6-19(15(14)2)26-21(30)12-29(3)11-20-27-23(31)22-18(13-32-24(22)28-20)16-7-9-17(25)10-8-16/h4-10,13H,11-12H2,1-3H3,(H,26,30)(H,27,28,31). The van der Waals surface area contributed by atoms with Crippen molar-refractivity contribution < 1.29 is 9.18 Å². The Hall–Kier alpha value is -3.36. The molecule has 2 heterocycles. The summed E-state index contributed by atoms with van der Waals surface area (Å²) >= 11 is 1.36. The van der Waals surface area contributed by atoms with Crippen molar-refractivity contribution in [2.24, 2.45) is 0 Å². The first-order valence-electron chi connectivity index (χ1n) is 10.1. The van der Waals surface area contributed by atoms with Crippen molar-refractivity contribution in [2.45, 2.75) is 20.4 Å². The van der Waals surface area contributed by atoms with Crippen molar-refractivity contribution in [1.82, 2.24) is 14.9 Å². The van der Waals surface area contributed by atoms with E-state index in [0.29, 0.717) is 22.6 Å². The number of likely N-dealkylation sites (N-methyl/N-ethyl adjacent to an activating group) is 1. The van der Waals surface area contributed by atoms with E-state index in [2.05, 4.69) is 15.3 Å². The molecular formula is C24H23FN4O2S. The van der Waals surface area contributed by atoms with Gasteiger partial charge in [0.05, 0.1) is 18.5 Å². The van der Waals surface area contributed by atoms with E-state index in [0.717, 1.165) is 27.9 Å². The predicted octanol–water partition coefficient (Wildman–Crippen LogP) is 4.48. The van der Waals surface area contributed by atoms with E-state index in [-0.39, 0.29) is 23.8 Å². The number of H-pyrrole nitrogens is 1. The molecule has 4 rings (SSSR count). The Balaban J connectivity index is 1.48. The average Bonchev–Trinajstić information content (AvgIpc) is 3.16. The van der Waals surface area contributed by atoms with E-state index in [1.54, 1.807) is 24.1 Å². The number of rotatable bonds is 6. The van der Waals surface area contributed by atoms with E-state index >= 15 is 0 Å². The highest BCUT2D eigenvalue weighted by atomic mass is 32.1. The first-order chi connectivity index (χ1) is 15.3. The molecule has 6 nitrogen and oxygen atoms in total. The molecule has 0 aliphatic heterocycles. The first-order valence-corrected chi connectivity index (χ1v) is 11.0. The maximum atomic E-state index is 13.2. The van der Waals surface area contributed by atoms with Crippen LogP contribution in [0.1, 0.15) is 17.0 Å². The summed E-state index contributed by atoms with van der Waals surface area (Å²) in [4.78, 5) is 35.0. The lowest BCUT2D eigenvalue weighted by molar-refractivity contribution is -0.117. The molecule has 1 amide bonds. The second-order valence-corrected chi connectivity index (χ2v) is 8.68. The zero-order valence-corrected chi connectivity index (χ0v) is 18.8. The van der Waals surface area contributed by atoms with Crippen molar-refractivity contribution in [1.29, 1.82) is 0 Å². The van der Waals surface area contributed by atoms with E-state index < -0.39 is 0 Å². The Labute approximate surface area is 188 Å². The van der Waals surface area contributed by atoms with Crippen molar-refractivity contribution in [3.63, 3.8) is 0 Å². The molecule has 0 bridgehead atoms. The Kier molecular flexibility index (Phi) is 6.16. The maximum Gasteiger partial charge on any atom is 0.260 e. The number of aromatic amines is 1. The first kappa shape index (κ1) is 21.9. The molecule has 8 heteroatoms. The summed E-state index contributed by atoms with van der Waals surface area (Å²) in [6, 6.07) is 11.8. The third-order valence-corrected chi connectivity index (χ3v) is 6.23. The topological polar surface area (TPSA) is 78.1 Å². The molecule has 164 valence electrons. The number of benzene rings is 2. The maximum absolute atomic E-state index is 13.2. The number of carbonyl (C=O) groups is 1. The van der Waals surface area contributed by atoms with Gasteiger partial charge in [0.1, 0.15) is 16.5 Å². The largest absolute Gasteiger partial charge is 0.325 e. The van der Waals surface area contributed by atoms with Crippen LogP contribution in [0.4, 0.5) is 10.1 Å². The van der Waals surface area contributed by atoms with Crippen molar-refractivity contribution in [2.75, 3.05) is 18.9 Å². The molecule has 0 fully saturated rings. The van der Waals surface area contributed by atoms with Gasteiger partial charge in [-0.15, -0.1) is 11.3 Å². The van der Waals surface area contributed by atoms with Crippen LogP contribution in [-0.2, 0) is 11.3 Å². The molecule has 0 saturated carbocycles. The zero-order valence-electron chi connectivity index (χ0n) is 18.0. The number of thiophene rings is 1. The van der Waals surface area contributed by atoms with Gasteiger partial charge in [-0.3, -0.25) is 14.5 Å². The van der Waals surface area contributed by atoms with Crippen molar-refractivity contribution in [3.05, 3.63) is 81.0 Å². The van der Waals surface area contributed by atoms with Crippen LogP contribution in [0.5, 0.6) is 0 Å². The van der Waals surface area contributed by atoms with Gasteiger partial charge in [0.25, 0.3) is 5.56 Å². The van der Waals surface area contributed by atoms with Crippen LogP contribution in [0.3, 0.4) is 0 Å². The van der Waals surface area contributed by atoms with Gasteiger partial charge < -0.3 is 10.3 Å². The fourth-order valence-electron chi connectivity index (χ4n) is 3.54. The summed E-state index contributed by atoms with van der Waals surface area (Å²) < 4.78 is 13.2. The fraction of sp³-hybridized carbons (Fsp3) is 0.208. The number of hydrogen-bond acceptors (Lipinski definition) is 5. The summed E-state index contributed by atoms with van der Waals surface area (Å²) in [6.07, 6.45) is 0. The van der Waals surface area contributed by atoms with Gasteiger partial charge in [-0.2, -0.15) is 0 Å². The lowest BCUT2D eigenvalue weighted by Crippen LogP contribution is -2.31. The summed E-state index contributed by atoms with van der Waals surface area (Å²) in [5, 5.41) is 5.28. The minimum atomic E-state index is -0.327. The summed E-state index contributed by atoms with van der Waals surface area (Å²) in [7, 11) is 1.80. The van der Waals surface area contributed by atoms with Gasteiger partial charge in [0.15, 0.2) is 0 Å². The molecule has 0 unspecified atom stereocenters. The highest BCUT2D eigenvalue weighted by Gasteiger charge is 2.15. The van der Waals surface area contributed by atoms with Crippen LogP contribution in [0, 0.1) is 19.7 Å². The van der Waals surface area contributed by atoms with Gasteiger partial charge in [-0.1, -0.05) is 24.3 Å². The van der Waals surface area contributed by atoms with Crippen LogP contribution in [0.25, 0.3) is 21.3 Å². The fourth-order valence-corrected chi connectivity index (χ4v) is 4.51. The lowest BCUT2D eigenvalue weighted by atomic mass is 10.1. The van der Waals surface area contributed by atoms with Gasteiger partial charge in [-0.25, -0.2) is 9.37 Å². The van der Waals surface area contributed by atoms with Gasteiger partial charge >= 0.3 is 0 Å². The molecule has 2 aromatic heterocycles. The number of fused-ring (bicyclic) bond motifs is 1. The molecular weight excluding hydrogens is 427 g/mol. The monoisotopic (exact) mass is 450 g/mol. The Bertz CT molecular complexity index is 1340. The minimum Gasteiger partial charge on any atom is -0.325 e. The highest BCUT2D eigenvalue weighted by Crippen LogP contribution is 2.30. The number of hydrogen-bond donors (Lipinski definition) is 2. The number of nitrogens with zero attached hydrogens (tertiary/aromatic N) is 2. The quantitative estimate of drug-likeness (QED) is 0.454. The summed E-state index contributed by atoms with van der Waals surface area (Å²) in [5.41, 5.74) is 4.18. The normalized spacial score (nSPS) is 11.3. The minimum absolute atomic E-state index is 0.139. The van der Waals surface area contributed by atoms with Crippen molar-refractivity contribution in [3.8, 4) is 11.1 Å². The second-order valence-electron chi connectivity index (χ2n) is 7.82. The number of anilines is 1. The Morgan fingerprint density at radius 1 is 1.19 bits per heavy atom. The van der Waals surface area contributed by atoms with Gasteiger partial charge in [0.2, 0.25) is 5.91 Å². The number of carbonyl (C=O) groups excluding carboxylic acids is 1. The Morgan fingerprint density at radius 2 is 1.94 bits per heavy atom. The molecule has 2 N–H and O–H groups in total. The predicted molar refractivity (Wildman–Crippen MR) is 127 cm³/mol. The highest BCUT2D eigenvalue weighted by molar-refractivity contribution is 7.17. The molecule has 0 aliphatic carbocycles. The van der Waals surface area contributed by atoms with E-state index in [1.165, 1.54) is 23.5 Å². The third kappa shape index (κ3) is 4.61. The summed E-state index contributed by atoms with van der Waals surface area (Å²) in [5.74, 6) is 0.0172. The van der Waals surface area contributed by atoms with Crippen LogP contribution in [0.2, 0.25) is 0 Å². The smallest absolute Gasteiger partial charge is 0.260 e. The van der Waals surface area contributed by atoms with Crippen LogP contribution >= 0.6 is 11.3 Å². The molecule has 0 atom stereocenters. The zero-order chi connectivity index (χ0) is 22.8. The number of halogens is 1. The number of nitrogens with one attached hydrogen (secondary N) is 2. The van der Waals surface area contributed by atoms with Crippen LogP contribution < -0.4 is 10.9 Å². The third-order valence-electron chi connectivity index (χ3n) is 5.36. The molecule has 2 aromatic carbocycles. The van der Waals surface area contributed by atoms with Crippen LogP contribution in [-0.4, -0.2) is 34.4 Å². The van der Waals surface area contributed by atoms with Crippen molar-refractivity contribution >= 4 is 33.1 Å². The van der Waals surface area contributed by atoms with E-state index in [1.807, 2.05) is 37.4 Å². The molecule has 0 radical (unpaired) electrons. The molecule has 0 saturated heterocycles. The lowest BCUT2D eigenvalue weighted by Gasteiger charge is -2.16. The molecule has 32 heavy (non-hydrogen) atoms. The van der Waals surface area contributed by atoms with E-state index in [9.17, 15) is 14.0 Å². The molecule has 0 spiro atoms. The van der Waals surface area contributed by atoms with Gasteiger partial charge in [-0.05, 0) is 55.8 Å². The number of amides is 1. The van der Waals surface area contributed by atoms with E-state index in [4.69, 9.17) is 0 Å². The second kappa shape index (κ2) is 9.02. The molecule has 4 aromatic rings. The SMILES string of the molecule is Cc1cccc(NC(=O)CN(C)Cc2nc3scc(-c4ccc(F)cc4)c3c(=O)[nH]2)c1C. The van der Waals surface area contributed by atoms with Gasteiger partial charge in [0, 0.05) is 16.6 Å². The number of aryl methyl sites for hydroxylation is 1. The number of aromatic nitrogens is 2.